The van der Waals surface area contributed by atoms with Crippen LogP contribution in [0.5, 0.6) is 5.75 Å². The highest BCUT2D eigenvalue weighted by atomic mass is 32.2. The van der Waals surface area contributed by atoms with Crippen LogP contribution < -0.4 is 0 Å². The van der Waals surface area contributed by atoms with Crippen LogP contribution in [0.1, 0.15) is 0 Å². The number of phenols is 1. The Balaban J connectivity index is 3.01. The molecule has 0 aliphatic rings. The van der Waals surface area contributed by atoms with Gasteiger partial charge < -0.3 is 5.11 Å². The van der Waals surface area contributed by atoms with E-state index in [1.165, 1.54) is 11.8 Å². The van der Waals surface area contributed by atoms with E-state index >= 15 is 0 Å². The SMILES string of the molecule is CSc1[c]cccc1O. The number of benzene rings is 1. The molecule has 0 bridgehead atoms. The van der Waals surface area contributed by atoms with Crippen molar-refractivity contribution in [2.45, 2.75) is 4.90 Å². The van der Waals surface area contributed by atoms with Gasteiger partial charge in [-0.1, -0.05) is 12.1 Å². The van der Waals surface area contributed by atoms with Gasteiger partial charge in [0.1, 0.15) is 5.75 Å². The minimum atomic E-state index is 0.310. The molecule has 0 aromatic heterocycles. The van der Waals surface area contributed by atoms with Gasteiger partial charge in [0.05, 0.1) is 4.90 Å². The minimum absolute atomic E-state index is 0.310. The van der Waals surface area contributed by atoms with E-state index in [4.69, 9.17) is 5.11 Å². The van der Waals surface area contributed by atoms with Crippen molar-refractivity contribution in [1.29, 1.82) is 0 Å². The Morgan fingerprint density at radius 3 is 2.89 bits per heavy atom. The summed E-state index contributed by atoms with van der Waals surface area (Å²) in [5.41, 5.74) is 0. The van der Waals surface area contributed by atoms with Gasteiger partial charge in [0.2, 0.25) is 0 Å². The van der Waals surface area contributed by atoms with Gasteiger partial charge in [-0.15, -0.1) is 11.8 Å². The third-order valence-electron chi connectivity index (χ3n) is 1.00. The number of thioether (sulfide) groups is 1. The second-order valence-corrected chi connectivity index (χ2v) is 2.41. The van der Waals surface area contributed by atoms with Gasteiger partial charge in [-0.05, 0) is 12.3 Å². The summed E-state index contributed by atoms with van der Waals surface area (Å²) in [6.45, 7) is 0. The molecule has 0 amide bonds. The van der Waals surface area contributed by atoms with Gasteiger partial charge in [0.25, 0.3) is 0 Å². The molecular weight excluding hydrogens is 132 g/mol. The molecule has 0 heterocycles. The van der Waals surface area contributed by atoms with Crippen LogP contribution in [0, 0.1) is 6.07 Å². The highest BCUT2D eigenvalue weighted by molar-refractivity contribution is 7.98. The van der Waals surface area contributed by atoms with Crippen LogP contribution >= 0.6 is 11.8 Å². The molecule has 0 aliphatic carbocycles. The summed E-state index contributed by atoms with van der Waals surface area (Å²) in [5, 5.41) is 9.06. The van der Waals surface area contributed by atoms with E-state index in [2.05, 4.69) is 6.07 Å². The summed E-state index contributed by atoms with van der Waals surface area (Å²) < 4.78 is 0. The van der Waals surface area contributed by atoms with Crippen molar-refractivity contribution in [3.8, 4) is 5.75 Å². The summed E-state index contributed by atoms with van der Waals surface area (Å²) in [6, 6.07) is 8.10. The van der Waals surface area contributed by atoms with Crippen LogP contribution in [0.2, 0.25) is 0 Å². The molecule has 9 heavy (non-hydrogen) atoms. The monoisotopic (exact) mass is 139 g/mol. The lowest BCUT2D eigenvalue weighted by atomic mass is 10.3. The molecule has 0 aliphatic heterocycles. The van der Waals surface area contributed by atoms with Gasteiger partial charge >= 0.3 is 0 Å². The number of hydrogen-bond donors (Lipinski definition) is 1. The van der Waals surface area contributed by atoms with Crippen LogP contribution in [0.4, 0.5) is 0 Å². The lowest BCUT2D eigenvalue weighted by molar-refractivity contribution is 0.462. The van der Waals surface area contributed by atoms with E-state index in [-0.39, 0.29) is 0 Å². The van der Waals surface area contributed by atoms with E-state index in [9.17, 15) is 0 Å². The molecule has 1 aromatic carbocycles. The van der Waals surface area contributed by atoms with Gasteiger partial charge in [0, 0.05) is 6.07 Å². The molecule has 0 spiro atoms. The van der Waals surface area contributed by atoms with Gasteiger partial charge in [-0.25, -0.2) is 0 Å². The van der Waals surface area contributed by atoms with E-state index in [0.29, 0.717) is 5.75 Å². The quantitative estimate of drug-likeness (QED) is 0.600. The molecule has 1 N–H and O–H groups in total. The second-order valence-electron chi connectivity index (χ2n) is 1.59. The molecule has 1 radical (unpaired) electrons. The van der Waals surface area contributed by atoms with Crippen molar-refractivity contribution in [2.75, 3.05) is 6.26 Å². The topological polar surface area (TPSA) is 20.2 Å². The molecule has 0 atom stereocenters. The molecule has 1 rings (SSSR count). The Morgan fingerprint density at radius 1 is 1.67 bits per heavy atom. The molecule has 47 valence electrons. The van der Waals surface area contributed by atoms with Crippen molar-refractivity contribution in [1.82, 2.24) is 0 Å². The van der Waals surface area contributed by atoms with Crippen molar-refractivity contribution < 1.29 is 5.11 Å². The Morgan fingerprint density at radius 2 is 2.44 bits per heavy atom. The summed E-state index contributed by atoms with van der Waals surface area (Å²) in [7, 11) is 0. The van der Waals surface area contributed by atoms with Crippen molar-refractivity contribution in [3.05, 3.63) is 24.3 Å². The van der Waals surface area contributed by atoms with E-state index < -0.39 is 0 Å². The first-order valence-electron chi connectivity index (χ1n) is 2.58. The molecule has 1 aromatic rings. The van der Waals surface area contributed by atoms with Crippen LogP contribution in [0.3, 0.4) is 0 Å². The van der Waals surface area contributed by atoms with Gasteiger partial charge in [-0.2, -0.15) is 0 Å². The molecule has 0 saturated heterocycles. The van der Waals surface area contributed by atoms with Crippen LogP contribution in [-0.4, -0.2) is 11.4 Å². The first-order valence-corrected chi connectivity index (χ1v) is 3.80. The molecule has 0 unspecified atom stereocenters. The normalized spacial score (nSPS) is 9.44. The van der Waals surface area contributed by atoms with E-state index in [1.807, 2.05) is 6.26 Å². The molecule has 0 saturated carbocycles. The van der Waals surface area contributed by atoms with E-state index in [0.717, 1.165) is 4.90 Å². The minimum Gasteiger partial charge on any atom is -0.507 e. The van der Waals surface area contributed by atoms with Crippen molar-refractivity contribution in [2.24, 2.45) is 0 Å². The van der Waals surface area contributed by atoms with Crippen LogP contribution in [0.15, 0.2) is 23.1 Å². The number of rotatable bonds is 1. The molecule has 0 fully saturated rings. The fourth-order valence-corrected chi connectivity index (χ4v) is 1.04. The maximum absolute atomic E-state index is 9.06. The Kier molecular flexibility index (Phi) is 2.01. The predicted molar refractivity (Wildman–Crippen MR) is 38.7 cm³/mol. The zero-order valence-corrected chi connectivity index (χ0v) is 5.90. The smallest absolute Gasteiger partial charge is 0.129 e. The number of aromatic hydroxyl groups is 1. The maximum atomic E-state index is 9.06. The Labute approximate surface area is 58.7 Å². The zero-order valence-electron chi connectivity index (χ0n) is 5.09. The van der Waals surface area contributed by atoms with Gasteiger partial charge in [-0.3, -0.25) is 0 Å². The lowest BCUT2D eigenvalue weighted by Crippen LogP contribution is -1.69. The Bertz CT molecular complexity index is 198. The first kappa shape index (κ1) is 6.49. The molecular formula is C7H7OS. The zero-order chi connectivity index (χ0) is 6.69. The Hall–Kier alpha value is -0.630. The fraction of sp³-hybridized carbons (Fsp3) is 0.143. The fourth-order valence-electron chi connectivity index (χ4n) is 0.576. The number of phenolic OH excluding ortho intramolecular Hbond substituents is 1. The lowest BCUT2D eigenvalue weighted by Gasteiger charge is -1.95. The largest absolute Gasteiger partial charge is 0.507 e. The summed E-state index contributed by atoms with van der Waals surface area (Å²) >= 11 is 1.49. The standard InChI is InChI=1S/C7H7OS/c1-9-7-5-3-2-4-6(7)8/h2-4,8H,1H3. The highest BCUT2D eigenvalue weighted by Gasteiger charge is 1.93. The van der Waals surface area contributed by atoms with Crippen molar-refractivity contribution >= 4 is 11.8 Å². The second kappa shape index (κ2) is 2.78. The average Bonchev–Trinajstić information content (AvgIpc) is 1.89. The van der Waals surface area contributed by atoms with Crippen LogP contribution in [0.25, 0.3) is 0 Å². The maximum Gasteiger partial charge on any atom is 0.129 e. The third kappa shape index (κ3) is 1.39. The molecule has 1 nitrogen and oxygen atoms in total. The van der Waals surface area contributed by atoms with Crippen LogP contribution in [-0.2, 0) is 0 Å². The highest BCUT2D eigenvalue weighted by Crippen LogP contribution is 2.24. The van der Waals surface area contributed by atoms with Gasteiger partial charge in [0.15, 0.2) is 0 Å². The number of hydrogen-bond acceptors (Lipinski definition) is 2. The first-order chi connectivity index (χ1) is 4.34. The van der Waals surface area contributed by atoms with Crippen molar-refractivity contribution in [3.63, 3.8) is 0 Å². The molecule has 2 heteroatoms. The summed E-state index contributed by atoms with van der Waals surface area (Å²) in [5.74, 6) is 0.310. The summed E-state index contributed by atoms with van der Waals surface area (Å²) in [4.78, 5) is 0.803. The van der Waals surface area contributed by atoms with E-state index in [1.54, 1.807) is 18.2 Å². The average molecular weight is 139 g/mol. The predicted octanol–water partition coefficient (Wildman–Crippen LogP) is 1.91. The summed E-state index contributed by atoms with van der Waals surface area (Å²) in [6.07, 6.45) is 1.91. The third-order valence-corrected chi connectivity index (χ3v) is 1.74.